The third-order valence-corrected chi connectivity index (χ3v) is 5.05. The summed E-state index contributed by atoms with van der Waals surface area (Å²) >= 11 is 1.51. The first kappa shape index (κ1) is 19.6. The van der Waals surface area contributed by atoms with Crippen LogP contribution in [-0.4, -0.2) is 59.8 Å². The molecule has 7 nitrogen and oxygen atoms in total. The number of aromatic nitrogens is 2. The second kappa shape index (κ2) is 8.22. The van der Waals surface area contributed by atoms with E-state index in [1.807, 2.05) is 32.3 Å². The Morgan fingerprint density at radius 3 is 2.63 bits per heavy atom. The summed E-state index contributed by atoms with van der Waals surface area (Å²) in [6.45, 7) is 9.99. The fourth-order valence-electron chi connectivity index (χ4n) is 2.75. The van der Waals surface area contributed by atoms with E-state index in [1.165, 1.54) is 11.3 Å². The first-order valence-electron chi connectivity index (χ1n) is 9.11. The summed E-state index contributed by atoms with van der Waals surface area (Å²) in [4.78, 5) is 25.6. The van der Waals surface area contributed by atoms with Gasteiger partial charge in [-0.3, -0.25) is 0 Å². The highest BCUT2D eigenvalue weighted by atomic mass is 32.1. The van der Waals surface area contributed by atoms with Crippen molar-refractivity contribution in [1.82, 2.24) is 20.2 Å². The molecule has 0 radical (unpaired) electrons. The zero-order chi connectivity index (χ0) is 19.4. The fourth-order valence-corrected chi connectivity index (χ4v) is 3.49. The maximum Gasteiger partial charge on any atom is 0.408 e. The first-order valence-corrected chi connectivity index (χ1v) is 9.99. The third kappa shape index (κ3) is 5.64. The number of hydrogen-bond donors (Lipinski definition) is 1. The summed E-state index contributed by atoms with van der Waals surface area (Å²) in [5, 5.41) is 5.55. The SMILES string of the molecule is CN1CCN(c2ccc(-c3csc(CNC(=O)OC(C)(C)C)n3)cn2)CC1. The van der Waals surface area contributed by atoms with E-state index in [4.69, 9.17) is 4.74 Å². The van der Waals surface area contributed by atoms with Crippen LogP contribution in [0.3, 0.4) is 0 Å². The molecule has 2 aromatic heterocycles. The highest BCUT2D eigenvalue weighted by Crippen LogP contribution is 2.23. The quantitative estimate of drug-likeness (QED) is 0.867. The molecule has 3 rings (SSSR count). The van der Waals surface area contributed by atoms with Crippen LogP contribution in [0.1, 0.15) is 25.8 Å². The Morgan fingerprint density at radius 1 is 1.26 bits per heavy atom. The monoisotopic (exact) mass is 389 g/mol. The minimum atomic E-state index is -0.505. The van der Waals surface area contributed by atoms with E-state index in [-0.39, 0.29) is 0 Å². The Hall–Kier alpha value is -2.19. The molecule has 2 aromatic rings. The van der Waals surface area contributed by atoms with Crippen molar-refractivity contribution in [3.8, 4) is 11.3 Å². The lowest BCUT2D eigenvalue weighted by Gasteiger charge is -2.33. The number of hydrogen-bond acceptors (Lipinski definition) is 7. The maximum absolute atomic E-state index is 11.7. The second-order valence-corrected chi connectivity index (χ2v) is 8.62. The van der Waals surface area contributed by atoms with Crippen LogP contribution in [0.15, 0.2) is 23.7 Å². The molecule has 0 aliphatic carbocycles. The lowest BCUT2D eigenvalue weighted by Crippen LogP contribution is -2.44. The number of alkyl carbamates (subject to hydrolysis) is 1. The van der Waals surface area contributed by atoms with Gasteiger partial charge in [-0.2, -0.15) is 0 Å². The van der Waals surface area contributed by atoms with Crippen LogP contribution in [0.2, 0.25) is 0 Å². The molecular weight excluding hydrogens is 362 g/mol. The second-order valence-electron chi connectivity index (χ2n) is 7.68. The van der Waals surface area contributed by atoms with Gasteiger partial charge < -0.3 is 19.9 Å². The first-order chi connectivity index (χ1) is 12.8. The molecule has 0 aromatic carbocycles. The summed E-state index contributed by atoms with van der Waals surface area (Å²) in [5.74, 6) is 1.01. The normalized spacial score (nSPS) is 15.6. The zero-order valence-corrected chi connectivity index (χ0v) is 17.2. The van der Waals surface area contributed by atoms with Crippen molar-refractivity contribution in [3.05, 3.63) is 28.7 Å². The average molecular weight is 390 g/mol. The number of nitrogens with one attached hydrogen (secondary N) is 1. The molecule has 1 aliphatic rings. The number of rotatable bonds is 4. The van der Waals surface area contributed by atoms with E-state index < -0.39 is 11.7 Å². The van der Waals surface area contributed by atoms with Gasteiger partial charge in [-0.25, -0.2) is 14.8 Å². The van der Waals surface area contributed by atoms with Gasteiger partial charge in [0.1, 0.15) is 16.4 Å². The van der Waals surface area contributed by atoms with Gasteiger partial charge in [0.2, 0.25) is 0 Å². The smallest absolute Gasteiger partial charge is 0.408 e. The van der Waals surface area contributed by atoms with Gasteiger partial charge in [0, 0.05) is 43.3 Å². The van der Waals surface area contributed by atoms with E-state index in [0.717, 1.165) is 48.3 Å². The number of piperazine rings is 1. The molecule has 0 spiro atoms. The molecule has 0 atom stereocenters. The molecule has 1 fully saturated rings. The Balaban J connectivity index is 1.57. The molecule has 0 unspecified atom stereocenters. The molecular formula is C19H27N5O2S. The lowest BCUT2D eigenvalue weighted by atomic mass is 10.2. The van der Waals surface area contributed by atoms with E-state index in [9.17, 15) is 4.79 Å². The zero-order valence-electron chi connectivity index (χ0n) is 16.4. The van der Waals surface area contributed by atoms with E-state index in [0.29, 0.717) is 6.54 Å². The van der Waals surface area contributed by atoms with Gasteiger partial charge >= 0.3 is 6.09 Å². The predicted molar refractivity (Wildman–Crippen MR) is 108 cm³/mol. The summed E-state index contributed by atoms with van der Waals surface area (Å²) < 4.78 is 5.24. The molecule has 146 valence electrons. The Morgan fingerprint density at radius 2 is 2.00 bits per heavy atom. The van der Waals surface area contributed by atoms with Crippen molar-refractivity contribution in [2.75, 3.05) is 38.1 Å². The molecule has 3 heterocycles. The summed E-state index contributed by atoms with van der Waals surface area (Å²) in [6, 6.07) is 4.11. The molecule has 1 aliphatic heterocycles. The van der Waals surface area contributed by atoms with Gasteiger partial charge in [0.15, 0.2) is 0 Å². The van der Waals surface area contributed by atoms with Crippen LogP contribution < -0.4 is 10.2 Å². The molecule has 1 amide bonds. The van der Waals surface area contributed by atoms with E-state index in [1.54, 1.807) is 0 Å². The van der Waals surface area contributed by atoms with Crippen molar-refractivity contribution < 1.29 is 9.53 Å². The Bertz CT molecular complexity index is 761. The molecule has 0 saturated carbocycles. The van der Waals surface area contributed by atoms with Gasteiger partial charge in [0.25, 0.3) is 0 Å². The maximum atomic E-state index is 11.7. The largest absolute Gasteiger partial charge is 0.444 e. The fraction of sp³-hybridized carbons (Fsp3) is 0.526. The number of likely N-dealkylation sites (N-methyl/N-ethyl adjacent to an activating group) is 1. The van der Waals surface area contributed by atoms with E-state index >= 15 is 0 Å². The number of thiazole rings is 1. The summed E-state index contributed by atoms with van der Waals surface area (Å²) in [7, 11) is 2.14. The number of amides is 1. The molecule has 0 bridgehead atoms. The third-order valence-electron chi connectivity index (χ3n) is 4.21. The summed E-state index contributed by atoms with van der Waals surface area (Å²) in [5.41, 5.74) is 1.35. The molecule has 8 heteroatoms. The van der Waals surface area contributed by atoms with Gasteiger partial charge in [-0.1, -0.05) is 0 Å². The molecule has 27 heavy (non-hydrogen) atoms. The van der Waals surface area contributed by atoms with Crippen molar-refractivity contribution in [3.63, 3.8) is 0 Å². The summed E-state index contributed by atoms with van der Waals surface area (Å²) in [6.07, 6.45) is 1.44. The molecule has 1 saturated heterocycles. The molecule has 1 N–H and O–H groups in total. The van der Waals surface area contributed by atoms with Crippen molar-refractivity contribution in [2.24, 2.45) is 0 Å². The highest BCUT2D eigenvalue weighted by Gasteiger charge is 2.17. The van der Waals surface area contributed by atoms with Crippen LogP contribution in [0, 0.1) is 0 Å². The van der Waals surface area contributed by atoms with Crippen molar-refractivity contribution >= 4 is 23.2 Å². The van der Waals surface area contributed by atoms with Crippen LogP contribution in [0.25, 0.3) is 11.3 Å². The van der Waals surface area contributed by atoms with Gasteiger partial charge in [0.05, 0.1) is 12.2 Å². The van der Waals surface area contributed by atoms with Gasteiger partial charge in [-0.05, 0) is 40.0 Å². The number of nitrogens with zero attached hydrogens (tertiary/aromatic N) is 4. The predicted octanol–water partition coefficient (Wildman–Crippen LogP) is 2.98. The van der Waals surface area contributed by atoms with Crippen molar-refractivity contribution in [1.29, 1.82) is 0 Å². The van der Waals surface area contributed by atoms with Gasteiger partial charge in [-0.15, -0.1) is 11.3 Å². The highest BCUT2D eigenvalue weighted by molar-refractivity contribution is 7.09. The Kier molecular flexibility index (Phi) is 5.96. The lowest BCUT2D eigenvalue weighted by molar-refractivity contribution is 0.0523. The van der Waals surface area contributed by atoms with Crippen LogP contribution in [0.4, 0.5) is 10.6 Å². The number of anilines is 1. The number of pyridine rings is 1. The topological polar surface area (TPSA) is 70.6 Å². The average Bonchev–Trinajstić information content (AvgIpc) is 3.08. The van der Waals surface area contributed by atoms with Crippen LogP contribution >= 0.6 is 11.3 Å². The number of carbonyl (C=O) groups excluding carboxylic acids is 1. The number of carbonyl (C=O) groups is 1. The minimum absolute atomic E-state index is 0.354. The minimum Gasteiger partial charge on any atom is -0.444 e. The van der Waals surface area contributed by atoms with E-state index in [2.05, 4.69) is 44.3 Å². The Labute approximate surface area is 164 Å². The van der Waals surface area contributed by atoms with Crippen LogP contribution in [-0.2, 0) is 11.3 Å². The standard InChI is InChI=1S/C19H27N5O2S/c1-19(2,3)26-18(25)21-12-17-22-15(13-27-17)14-5-6-16(20-11-14)24-9-7-23(4)8-10-24/h5-6,11,13H,7-10,12H2,1-4H3,(H,21,25). The van der Waals surface area contributed by atoms with Crippen LogP contribution in [0.5, 0.6) is 0 Å². The number of ether oxygens (including phenoxy) is 1. The van der Waals surface area contributed by atoms with Crippen molar-refractivity contribution in [2.45, 2.75) is 32.9 Å².